The van der Waals surface area contributed by atoms with Gasteiger partial charge in [0.05, 0.1) is 13.5 Å². The number of methoxy groups -OCH3 is 1. The molecule has 0 radical (unpaired) electrons. The molecule has 0 saturated heterocycles. The van der Waals surface area contributed by atoms with Crippen LogP contribution in [0.4, 0.5) is 5.13 Å². The van der Waals surface area contributed by atoms with Crippen molar-refractivity contribution in [2.75, 3.05) is 12.8 Å². The van der Waals surface area contributed by atoms with E-state index in [4.69, 9.17) is 5.73 Å². The standard InChI is InChI=1S/C6H8N2O2S/c1-10-5(9)2-4-3-8-6(7)11-4/h3H,2H2,1H3,(H2,7,8). The van der Waals surface area contributed by atoms with Crippen LogP contribution in [0.2, 0.25) is 0 Å². The Kier molecular flexibility index (Phi) is 2.43. The molecule has 5 heteroatoms. The second-order valence-electron chi connectivity index (χ2n) is 1.92. The Morgan fingerprint density at radius 2 is 2.64 bits per heavy atom. The number of aromatic nitrogens is 1. The number of thiazole rings is 1. The van der Waals surface area contributed by atoms with Crippen LogP contribution in [0.1, 0.15) is 4.88 Å². The quantitative estimate of drug-likeness (QED) is 0.657. The average Bonchev–Trinajstić information content (AvgIpc) is 2.35. The first-order valence-electron chi connectivity index (χ1n) is 2.99. The molecule has 1 rings (SSSR count). The highest BCUT2D eigenvalue weighted by Crippen LogP contribution is 2.14. The minimum atomic E-state index is -0.270. The normalized spacial score (nSPS) is 9.55. The first-order chi connectivity index (χ1) is 5.22. The Labute approximate surface area is 68.0 Å². The summed E-state index contributed by atoms with van der Waals surface area (Å²) in [5, 5.41) is 0.476. The van der Waals surface area contributed by atoms with Crippen molar-refractivity contribution in [1.29, 1.82) is 0 Å². The van der Waals surface area contributed by atoms with Crippen LogP contribution < -0.4 is 5.73 Å². The van der Waals surface area contributed by atoms with Crippen molar-refractivity contribution in [3.8, 4) is 0 Å². The third-order valence-electron chi connectivity index (χ3n) is 1.12. The van der Waals surface area contributed by atoms with Gasteiger partial charge in [-0.2, -0.15) is 0 Å². The van der Waals surface area contributed by atoms with Gasteiger partial charge in [-0.1, -0.05) is 0 Å². The van der Waals surface area contributed by atoms with Gasteiger partial charge in [0.15, 0.2) is 5.13 Å². The predicted molar refractivity (Wildman–Crippen MR) is 42.2 cm³/mol. The number of nitrogen functional groups attached to an aromatic ring is 1. The Morgan fingerprint density at radius 1 is 1.91 bits per heavy atom. The van der Waals surface area contributed by atoms with Crippen LogP contribution in [0.5, 0.6) is 0 Å². The van der Waals surface area contributed by atoms with Crippen LogP contribution in [0.25, 0.3) is 0 Å². The van der Waals surface area contributed by atoms with Gasteiger partial charge in [-0.25, -0.2) is 4.98 Å². The number of esters is 1. The zero-order valence-electron chi connectivity index (χ0n) is 6.03. The predicted octanol–water partition coefficient (Wildman–Crippen LogP) is 0.441. The Morgan fingerprint density at radius 3 is 3.09 bits per heavy atom. The van der Waals surface area contributed by atoms with Gasteiger partial charge in [-0.3, -0.25) is 4.79 Å². The maximum Gasteiger partial charge on any atom is 0.310 e. The molecule has 0 aromatic carbocycles. The van der Waals surface area contributed by atoms with Crippen molar-refractivity contribution in [1.82, 2.24) is 4.98 Å². The van der Waals surface area contributed by atoms with Crippen LogP contribution in [0.3, 0.4) is 0 Å². The van der Waals surface area contributed by atoms with E-state index in [0.717, 1.165) is 4.88 Å². The zero-order chi connectivity index (χ0) is 8.27. The van der Waals surface area contributed by atoms with Crippen LogP contribution >= 0.6 is 11.3 Å². The molecule has 0 aliphatic carbocycles. The van der Waals surface area contributed by atoms with E-state index in [-0.39, 0.29) is 12.4 Å². The maximum absolute atomic E-state index is 10.7. The summed E-state index contributed by atoms with van der Waals surface area (Å²) in [6, 6.07) is 0. The summed E-state index contributed by atoms with van der Waals surface area (Å²) in [6.07, 6.45) is 1.84. The van der Waals surface area contributed by atoms with E-state index in [1.165, 1.54) is 18.4 Å². The highest BCUT2D eigenvalue weighted by molar-refractivity contribution is 7.15. The molecule has 1 aromatic rings. The number of carbonyl (C=O) groups is 1. The van der Waals surface area contributed by atoms with Crippen molar-refractivity contribution >= 4 is 22.4 Å². The van der Waals surface area contributed by atoms with E-state index in [0.29, 0.717) is 5.13 Å². The van der Waals surface area contributed by atoms with Crippen LogP contribution in [-0.4, -0.2) is 18.1 Å². The number of nitrogens with two attached hydrogens (primary N) is 1. The Bertz CT molecular complexity index is 259. The van der Waals surface area contributed by atoms with E-state index >= 15 is 0 Å². The summed E-state index contributed by atoms with van der Waals surface area (Å²) in [5.41, 5.74) is 5.35. The monoisotopic (exact) mass is 172 g/mol. The lowest BCUT2D eigenvalue weighted by Crippen LogP contribution is -2.02. The SMILES string of the molecule is COC(=O)Cc1cnc(N)s1. The van der Waals surface area contributed by atoms with Crippen LogP contribution in [0, 0.1) is 0 Å². The molecule has 4 nitrogen and oxygen atoms in total. The van der Waals surface area contributed by atoms with Gasteiger partial charge in [-0.05, 0) is 0 Å². The number of hydrogen-bond acceptors (Lipinski definition) is 5. The topological polar surface area (TPSA) is 65.2 Å². The van der Waals surface area contributed by atoms with Crippen LogP contribution in [0.15, 0.2) is 6.20 Å². The smallest absolute Gasteiger partial charge is 0.310 e. The number of rotatable bonds is 2. The molecule has 60 valence electrons. The van der Waals surface area contributed by atoms with E-state index in [9.17, 15) is 4.79 Å². The van der Waals surface area contributed by atoms with Crippen molar-refractivity contribution in [3.05, 3.63) is 11.1 Å². The molecule has 1 heterocycles. The fourth-order valence-corrected chi connectivity index (χ4v) is 1.29. The van der Waals surface area contributed by atoms with Crippen molar-refractivity contribution in [2.45, 2.75) is 6.42 Å². The van der Waals surface area contributed by atoms with Gasteiger partial charge in [0.25, 0.3) is 0 Å². The molecule has 0 unspecified atom stereocenters. The van der Waals surface area contributed by atoms with E-state index in [1.54, 1.807) is 6.20 Å². The third kappa shape index (κ3) is 2.19. The molecular weight excluding hydrogens is 164 g/mol. The van der Waals surface area contributed by atoms with Gasteiger partial charge in [-0.15, -0.1) is 11.3 Å². The fraction of sp³-hybridized carbons (Fsp3) is 0.333. The van der Waals surface area contributed by atoms with Gasteiger partial charge in [0, 0.05) is 11.1 Å². The fourth-order valence-electron chi connectivity index (χ4n) is 0.619. The van der Waals surface area contributed by atoms with Crippen molar-refractivity contribution in [3.63, 3.8) is 0 Å². The average molecular weight is 172 g/mol. The van der Waals surface area contributed by atoms with Crippen LogP contribution in [-0.2, 0) is 16.0 Å². The molecule has 0 fully saturated rings. The largest absolute Gasteiger partial charge is 0.469 e. The second-order valence-corrected chi connectivity index (χ2v) is 3.06. The lowest BCUT2D eigenvalue weighted by atomic mass is 10.4. The Balaban J connectivity index is 2.57. The molecule has 0 saturated carbocycles. The summed E-state index contributed by atoms with van der Waals surface area (Å²) in [4.78, 5) is 15.3. The number of hydrogen-bond donors (Lipinski definition) is 1. The van der Waals surface area contributed by atoms with Gasteiger partial charge >= 0.3 is 5.97 Å². The molecule has 2 N–H and O–H groups in total. The van der Waals surface area contributed by atoms with Crippen molar-refractivity contribution < 1.29 is 9.53 Å². The lowest BCUT2D eigenvalue weighted by molar-refractivity contribution is -0.139. The van der Waals surface area contributed by atoms with Crippen molar-refractivity contribution in [2.24, 2.45) is 0 Å². The summed E-state index contributed by atoms with van der Waals surface area (Å²) >= 11 is 1.30. The number of carbonyl (C=O) groups excluding carboxylic acids is 1. The van der Waals surface area contributed by atoms with Gasteiger partial charge in [0.1, 0.15) is 0 Å². The molecule has 0 bridgehead atoms. The molecule has 0 atom stereocenters. The molecular formula is C6H8N2O2S. The van der Waals surface area contributed by atoms with E-state index in [1.807, 2.05) is 0 Å². The summed E-state index contributed by atoms with van der Waals surface area (Å²) in [7, 11) is 1.35. The minimum absolute atomic E-state index is 0.255. The highest BCUT2D eigenvalue weighted by atomic mass is 32.1. The molecule has 11 heavy (non-hydrogen) atoms. The zero-order valence-corrected chi connectivity index (χ0v) is 6.85. The first-order valence-corrected chi connectivity index (χ1v) is 3.81. The molecule has 0 amide bonds. The van der Waals surface area contributed by atoms with Gasteiger partial charge < -0.3 is 10.5 Å². The summed E-state index contributed by atoms with van der Waals surface area (Å²) in [5.74, 6) is -0.270. The highest BCUT2D eigenvalue weighted by Gasteiger charge is 2.04. The third-order valence-corrected chi connectivity index (χ3v) is 1.94. The number of nitrogens with zero attached hydrogens (tertiary/aromatic N) is 1. The van der Waals surface area contributed by atoms with E-state index in [2.05, 4.69) is 9.72 Å². The molecule has 1 aromatic heterocycles. The molecule has 0 aliphatic heterocycles. The second kappa shape index (κ2) is 3.34. The summed E-state index contributed by atoms with van der Waals surface area (Å²) in [6.45, 7) is 0. The minimum Gasteiger partial charge on any atom is -0.469 e. The Hall–Kier alpha value is -1.10. The molecule has 0 aliphatic rings. The maximum atomic E-state index is 10.7. The number of anilines is 1. The lowest BCUT2D eigenvalue weighted by Gasteiger charge is -1.92. The van der Waals surface area contributed by atoms with E-state index < -0.39 is 0 Å². The molecule has 0 spiro atoms. The van der Waals surface area contributed by atoms with Gasteiger partial charge in [0.2, 0.25) is 0 Å². The summed E-state index contributed by atoms with van der Waals surface area (Å²) < 4.78 is 4.46. The number of ether oxygens (including phenoxy) is 1. The first kappa shape index (κ1) is 8.00.